The van der Waals surface area contributed by atoms with Crippen molar-refractivity contribution in [3.63, 3.8) is 0 Å². The Morgan fingerprint density at radius 1 is 1.16 bits per heavy atom. The molecule has 1 heterocycles. The first-order valence-electron chi connectivity index (χ1n) is 9.83. The topological polar surface area (TPSA) is 97.0 Å². The minimum Gasteiger partial charge on any atom is -0.452 e. The number of amides is 1. The largest absolute Gasteiger partial charge is 0.452 e. The number of rotatable bonds is 8. The third-order valence-corrected chi connectivity index (χ3v) is 4.94. The van der Waals surface area contributed by atoms with E-state index in [1.165, 1.54) is 12.2 Å². The molecule has 0 atom stereocenters. The minimum absolute atomic E-state index is 0.298. The van der Waals surface area contributed by atoms with Crippen LogP contribution in [0.1, 0.15) is 22.4 Å². The number of anilines is 1. The second kappa shape index (κ2) is 10.9. The summed E-state index contributed by atoms with van der Waals surface area (Å²) in [5.74, 6) is -1.14. The number of hydrogen-bond donors (Lipinski definition) is 1. The monoisotopic (exact) mass is 448 g/mol. The van der Waals surface area contributed by atoms with E-state index in [9.17, 15) is 9.59 Å². The van der Waals surface area contributed by atoms with Crippen molar-refractivity contribution in [2.45, 2.75) is 19.9 Å². The summed E-state index contributed by atoms with van der Waals surface area (Å²) >= 11 is 6.43. The van der Waals surface area contributed by atoms with Crippen LogP contribution in [0.2, 0.25) is 5.15 Å². The minimum atomic E-state index is -0.671. The van der Waals surface area contributed by atoms with Crippen LogP contribution in [0.4, 0.5) is 5.69 Å². The summed E-state index contributed by atoms with van der Waals surface area (Å²) in [7, 11) is 0. The van der Waals surface area contributed by atoms with Crippen LogP contribution in [0.3, 0.4) is 0 Å². The molecule has 3 rings (SSSR count). The smallest absolute Gasteiger partial charge is 0.331 e. The lowest BCUT2D eigenvalue weighted by Gasteiger charge is -2.06. The molecular weight excluding hydrogens is 428 g/mol. The van der Waals surface area contributed by atoms with Gasteiger partial charge < -0.3 is 10.1 Å². The Bertz CT molecular complexity index is 1160. The Hall–Kier alpha value is -3.89. The molecule has 0 aliphatic heterocycles. The number of nitrogens with zero attached hydrogens (tertiary/aromatic N) is 3. The van der Waals surface area contributed by atoms with E-state index in [1.54, 1.807) is 35.9 Å². The average molecular weight is 449 g/mol. The molecule has 0 aliphatic rings. The molecule has 0 saturated heterocycles. The lowest BCUT2D eigenvalue weighted by atomic mass is 10.1. The van der Waals surface area contributed by atoms with Gasteiger partial charge in [0.15, 0.2) is 6.61 Å². The quantitative estimate of drug-likeness (QED) is 0.412. The number of hydrogen-bond acceptors (Lipinski definition) is 5. The molecule has 1 aromatic heterocycles. The summed E-state index contributed by atoms with van der Waals surface area (Å²) in [5.41, 5.74) is 3.74. The lowest BCUT2D eigenvalue weighted by molar-refractivity contribution is -0.142. The zero-order valence-corrected chi connectivity index (χ0v) is 18.2. The van der Waals surface area contributed by atoms with Crippen molar-refractivity contribution in [2.75, 3.05) is 11.9 Å². The van der Waals surface area contributed by atoms with Crippen LogP contribution < -0.4 is 5.32 Å². The van der Waals surface area contributed by atoms with Gasteiger partial charge in [-0.2, -0.15) is 10.4 Å². The van der Waals surface area contributed by atoms with Gasteiger partial charge >= 0.3 is 5.97 Å². The summed E-state index contributed by atoms with van der Waals surface area (Å²) in [6.07, 6.45) is 3.04. The summed E-state index contributed by atoms with van der Waals surface area (Å²) in [4.78, 5) is 24.0. The molecule has 0 spiro atoms. The van der Waals surface area contributed by atoms with Crippen LogP contribution in [0.5, 0.6) is 0 Å². The fourth-order valence-corrected chi connectivity index (χ4v) is 3.25. The summed E-state index contributed by atoms with van der Waals surface area (Å²) in [6.45, 7) is 1.88. The molecule has 0 aliphatic carbocycles. The van der Waals surface area contributed by atoms with Crippen LogP contribution in [0.25, 0.3) is 6.08 Å². The highest BCUT2D eigenvalue weighted by atomic mass is 35.5. The van der Waals surface area contributed by atoms with Gasteiger partial charge in [-0.05, 0) is 36.3 Å². The Labute approximate surface area is 190 Å². The maximum Gasteiger partial charge on any atom is 0.331 e. The van der Waals surface area contributed by atoms with Gasteiger partial charge in [0.05, 0.1) is 24.7 Å². The molecule has 0 radical (unpaired) electrons. The van der Waals surface area contributed by atoms with Crippen molar-refractivity contribution >= 4 is 35.2 Å². The van der Waals surface area contributed by atoms with Gasteiger partial charge in [-0.25, -0.2) is 9.48 Å². The SMILES string of the molecule is Cc1nn(Cc2ccccc2)c(Cl)c1/C=C/C(=O)OCC(=O)Nc1ccc(CC#N)cc1. The average Bonchev–Trinajstić information content (AvgIpc) is 3.05. The number of nitriles is 1. The number of carbonyl (C=O) groups excluding carboxylic acids is 2. The predicted molar refractivity (Wildman–Crippen MR) is 122 cm³/mol. The van der Waals surface area contributed by atoms with Gasteiger partial charge in [-0.3, -0.25) is 4.79 Å². The maximum absolute atomic E-state index is 12.0. The third kappa shape index (κ3) is 6.30. The van der Waals surface area contributed by atoms with Crippen molar-refractivity contribution in [3.8, 4) is 6.07 Å². The number of ether oxygens (including phenoxy) is 1. The lowest BCUT2D eigenvalue weighted by Crippen LogP contribution is -2.20. The molecule has 8 heteroatoms. The normalized spacial score (nSPS) is 10.7. The van der Waals surface area contributed by atoms with Crippen LogP contribution in [0.15, 0.2) is 60.7 Å². The van der Waals surface area contributed by atoms with Crippen LogP contribution in [-0.4, -0.2) is 28.3 Å². The first-order valence-corrected chi connectivity index (χ1v) is 10.2. The van der Waals surface area contributed by atoms with Crippen LogP contribution in [0, 0.1) is 18.3 Å². The fourth-order valence-electron chi connectivity index (χ4n) is 2.95. The van der Waals surface area contributed by atoms with E-state index in [0.29, 0.717) is 35.1 Å². The number of carbonyl (C=O) groups is 2. The zero-order chi connectivity index (χ0) is 22.9. The molecule has 0 fully saturated rings. The molecule has 0 unspecified atom stereocenters. The van der Waals surface area contributed by atoms with Gasteiger partial charge in [-0.15, -0.1) is 0 Å². The number of halogens is 1. The molecular formula is C24H21ClN4O3. The summed E-state index contributed by atoms with van der Waals surface area (Å²) in [6, 6.07) is 18.7. The second-order valence-corrected chi connectivity index (χ2v) is 7.31. The highest BCUT2D eigenvalue weighted by Gasteiger charge is 2.12. The van der Waals surface area contributed by atoms with Crippen molar-refractivity contribution < 1.29 is 14.3 Å². The van der Waals surface area contributed by atoms with Crippen LogP contribution in [-0.2, 0) is 27.3 Å². The Balaban J connectivity index is 1.53. The maximum atomic E-state index is 12.0. The van der Waals surface area contributed by atoms with Gasteiger partial charge in [-0.1, -0.05) is 54.1 Å². The standard InChI is InChI=1S/C24H21ClN4O3/c1-17-21(24(25)29(28-17)15-19-5-3-2-4-6-19)11-12-23(31)32-16-22(30)27-20-9-7-18(8-10-20)13-14-26/h2-12H,13,15-16H2,1H3,(H,27,30)/b12-11+. The second-order valence-electron chi connectivity index (χ2n) is 6.95. The van der Waals surface area contributed by atoms with E-state index >= 15 is 0 Å². The highest BCUT2D eigenvalue weighted by Crippen LogP contribution is 2.22. The van der Waals surface area contributed by atoms with Crippen molar-refractivity contribution in [2.24, 2.45) is 0 Å². The number of esters is 1. The van der Waals surface area contributed by atoms with E-state index in [2.05, 4.69) is 16.5 Å². The Morgan fingerprint density at radius 2 is 1.88 bits per heavy atom. The number of aromatic nitrogens is 2. The molecule has 0 saturated carbocycles. The fraction of sp³-hybridized carbons (Fsp3) is 0.167. The van der Waals surface area contributed by atoms with E-state index in [-0.39, 0.29) is 0 Å². The first kappa shape index (κ1) is 22.8. The number of aryl methyl sites for hydroxylation is 1. The Kier molecular flexibility index (Phi) is 7.79. The molecule has 3 aromatic rings. The molecule has 162 valence electrons. The van der Waals surface area contributed by atoms with Gasteiger partial charge in [0.2, 0.25) is 0 Å². The van der Waals surface area contributed by atoms with E-state index in [1.807, 2.05) is 30.3 Å². The molecule has 1 N–H and O–H groups in total. The molecule has 1 amide bonds. The Morgan fingerprint density at radius 3 is 2.56 bits per heavy atom. The van der Waals surface area contributed by atoms with E-state index in [0.717, 1.165) is 11.1 Å². The zero-order valence-electron chi connectivity index (χ0n) is 17.4. The van der Waals surface area contributed by atoms with E-state index < -0.39 is 18.5 Å². The highest BCUT2D eigenvalue weighted by molar-refractivity contribution is 6.31. The van der Waals surface area contributed by atoms with E-state index in [4.69, 9.17) is 21.6 Å². The molecule has 0 bridgehead atoms. The van der Waals surface area contributed by atoms with Gasteiger partial charge in [0.1, 0.15) is 5.15 Å². The van der Waals surface area contributed by atoms with Crippen molar-refractivity contribution in [3.05, 3.63) is 88.2 Å². The number of nitrogens with one attached hydrogen (secondary N) is 1. The molecule has 2 aromatic carbocycles. The van der Waals surface area contributed by atoms with Crippen LogP contribution >= 0.6 is 11.6 Å². The van der Waals surface area contributed by atoms with Gasteiger partial charge in [0, 0.05) is 17.3 Å². The van der Waals surface area contributed by atoms with Crippen molar-refractivity contribution in [1.29, 1.82) is 5.26 Å². The third-order valence-electron chi connectivity index (χ3n) is 4.54. The summed E-state index contributed by atoms with van der Waals surface area (Å²) in [5, 5.41) is 16.1. The summed E-state index contributed by atoms with van der Waals surface area (Å²) < 4.78 is 6.65. The van der Waals surface area contributed by atoms with Gasteiger partial charge in [0.25, 0.3) is 5.91 Å². The molecule has 7 nitrogen and oxygen atoms in total. The number of benzene rings is 2. The molecule has 32 heavy (non-hydrogen) atoms. The predicted octanol–water partition coefficient (Wildman–Crippen LogP) is 4.15. The van der Waals surface area contributed by atoms with Crippen molar-refractivity contribution in [1.82, 2.24) is 9.78 Å². The first-order chi connectivity index (χ1) is 15.5.